The first kappa shape index (κ1) is 20.7. The number of carbonyl (C=O) groups excluding carboxylic acids is 1. The SMILES string of the molecule is CS(=O)(=O)N1CCc2c(nc(C3CCCN3C(=O)Cc3ccccc3F)[nH]c2=O)C1. The van der Waals surface area contributed by atoms with Gasteiger partial charge in [-0.1, -0.05) is 18.2 Å². The monoisotopic (exact) mass is 434 g/mol. The molecule has 1 amide bonds. The first-order valence-corrected chi connectivity index (χ1v) is 11.7. The Morgan fingerprint density at radius 1 is 1.30 bits per heavy atom. The van der Waals surface area contributed by atoms with E-state index >= 15 is 0 Å². The quantitative estimate of drug-likeness (QED) is 0.777. The number of sulfonamides is 1. The number of carbonyl (C=O) groups is 1. The normalized spacial score (nSPS) is 19.7. The van der Waals surface area contributed by atoms with Crippen molar-refractivity contribution in [2.75, 3.05) is 19.3 Å². The van der Waals surface area contributed by atoms with Gasteiger partial charge in [-0.05, 0) is 30.9 Å². The van der Waals surface area contributed by atoms with Crippen LogP contribution in [-0.4, -0.2) is 52.8 Å². The maximum atomic E-state index is 13.9. The van der Waals surface area contributed by atoms with Crippen LogP contribution in [0.5, 0.6) is 0 Å². The molecule has 0 bridgehead atoms. The van der Waals surface area contributed by atoms with E-state index < -0.39 is 21.9 Å². The van der Waals surface area contributed by atoms with Crippen molar-refractivity contribution in [2.45, 2.75) is 38.3 Å². The van der Waals surface area contributed by atoms with E-state index in [0.717, 1.165) is 12.7 Å². The second-order valence-corrected chi connectivity index (χ2v) is 9.72. The van der Waals surface area contributed by atoms with Gasteiger partial charge in [-0.25, -0.2) is 17.8 Å². The zero-order valence-electron chi connectivity index (χ0n) is 16.6. The van der Waals surface area contributed by atoms with Crippen molar-refractivity contribution in [3.8, 4) is 0 Å². The third kappa shape index (κ3) is 4.01. The van der Waals surface area contributed by atoms with Crippen molar-refractivity contribution in [3.05, 3.63) is 63.1 Å². The van der Waals surface area contributed by atoms with Crippen LogP contribution in [0, 0.1) is 5.82 Å². The molecule has 1 aromatic carbocycles. The summed E-state index contributed by atoms with van der Waals surface area (Å²) >= 11 is 0. The molecule has 0 spiro atoms. The van der Waals surface area contributed by atoms with Gasteiger partial charge in [-0.2, -0.15) is 4.31 Å². The molecule has 8 nitrogen and oxygen atoms in total. The first-order chi connectivity index (χ1) is 14.2. The predicted octanol–water partition coefficient (Wildman–Crippen LogP) is 1.13. The number of benzene rings is 1. The fraction of sp³-hybridized carbons (Fsp3) is 0.450. The Hall–Kier alpha value is -2.59. The van der Waals surface area contributed by atoms with Crippen molar-refractivity contribution in [1.82, 2.24) is 19.2 Å². The Balaban J connectivity index is 1.60. The van der Waals surface area contributed by atoms with Crippen LogP contribution >= 0.6 is 0 Å². The zero-order valence-corrected chi connectivity index (χ0v) is 17.4. The molecule has 2 aromatic rings. The number of hydrogen-bond donors (Lipinski definition) is 1. The number of nitrogens with one attached hydrogen (secondary N) is 1. The van der Waals surface area contributed by atoms with Crippen LogP contribution in [-0.2, 0) is 34.2 Å². The van der Waals surface area contributed by atoms with Crippen molar-refractivity contribution >= 4 is 15.9 Å². The highest BCUT2D eigenvalue weighted by atomic mass is 32.2. The van der Waals surface area contributed by atoms with Gasteiger partial charge in [0.15, 0.2) is 0 Å². The lowest BCUT2D eigenvalue weighted by molar-refractivity contribution is -0.131. The molecule has 30 heavy (non-hydrogen) atoms. The zero-order chi connectivity index (χ0) is 21.5. The number of aromatic nitrogens is 2. The summed E-state index contributed by atoms with van der Waals surface area (Å²) in [4.78, 5) is 34.4. The van der Waals surface area contributed by atoms with Gasteiger partial charge in [0.25, 0.3) is 5.56 Å². The van der Waals surface area contributed by atoms with Crippen LogP contribution in [0.2, 0.25) is 0 Å². The van der Waals surface area contributed by atoms with E-state index in [2.05, 4.69) is 9.97 Å². The summed E-state index contributed by atoms with van der Waals surface area (Å²) in [6.07, 6.45) is 2.72. The maximum Gasteiger partial charge on any atom is 0.254 e. The van der Waals surface area contributed by atoms with Gasteiger partial charge in [0, 0.05) is 18.7 Å². The molecule has 1 aromatic heterocycles. The fourth-order valence-electron chi connectivity index (χ4n) is 4.13. The summed E-state index contributed by atoms with van der Waals surface area (Å²) in [5.41, 5.74) is 0.945. The Morgan fingerprint density at radius 3 is 2.80 bits per heavy atom. The molecule has 2 aliphatic rings. The minimum absolute atomic E-state index is 0.0426. The highest BCUT2D eigenvalue weighted by molar-refractivity contribution is 7.88. The molecule has 0 radical (unpaired) electrons. The number of aromatic amines is 1. The van der Waals surface area contributed by atoms with Crippen LogP contribution in [0.15, 0.2) is 29.1 Å². The molecular formula is C20H23FN4O4S. The van der Waals surface area contributed by atoms with Crippen molar-refractivity contribution in [2.24, 2.45) is 0 Å². The van der Waals surface area contributed by atoms with Crippen LogP contribution < -0.4 is 5.56 Å². The van der Waals surface area contributed by atoms with E-state index in [-0.39, 0.29) is 31.0 Å². The number of nitrogens with zero attached hydrogens (tertiary/aromatic N) is 3. The Morgan fingerprint density at radius 2 is 2.07 bits per heavy atom. The molecule has 3 heterocycles. The third-order valence-corrected chi connectivity index (χ3v) is 6.96. The van der Waals surface area contributed by atoms with Gasteiger partial charge in [-0.3, -0.25) is 9.59 Å². The van der Waals surface area contributed by atoms with E-state index in [1.54, 1.807) is 23.1 Å². The summed E-state index contributed by atoms with van der Waals surface area (Å²) < 4.78 is 39.0. The van der Waals surface area contributed by atoms with Gasteiger partial charge >= 0.3 is 0 Å². The second-order valence-electron chi connectivity index (χ2n) is 7.74. The van der Waals surface area contributed by atoms with E-state index in [0.29, 0.717) is 42.0 Å². The molecule has 0 saturated carbocycles. The Bertz CT molecular complexity index is 1150. The number of hydrogen-bond acceptors (Lipinski definition) is 5. The summed E-state index contributed by atoms with van der Waals surface area (Å²) in [5, 5.41) is 0. The molecular weight excluding hydrogens is 411 g/mol. The van der Waals surface area contributed by atoms with E-state index in [1.807, 2.05) is 0 Å². The smallest absolute Gasteiger partial charge is 0.254 e. The second kappa shape index (κ2) is 7.92. The number of halogens is 1. The molecule has 1 N–H and O–H groups in total. The minimum atomic E-state index is -3.40. The lowest BCUT2D eigenvalue weighted by Gasteiger charge is -2.28. The Kier molecular flexibility index (Phi) is 5.46. The summed E-state index contributed by atoms with van der Waals surface area (Å²) in [5.74, 6) is -0.308. The van der Waals surface area contributed by atoms with Gasteiger partial charge in [0.2, 0.25) is 15.9 Å². The minimum Gasteiger partial charge on any atom is -0.332 e. The van der Waals surface area contributed by atoms with Gasteiger partial charge in [0.1, 0.15) is 11.6 Å². The van der Waals surface area contributed by atoms with E-state index in [4.69, 9.17) is 0 Å². The lowest BCUT2D eigenvalue weighted by Crippen LogP contribution is -2.40. The summed E-state index contributed by atoms with van der Waals surface area (Å²) in [7, 11) is -3.40. The number of fused-ring (bicyclic) bond motifs is 1. The molecule has 0 aliphatic carbocycles. The molecule has 160 valence electrons. The number of likely N-dealkylation sites (tertiary alicyclic amines) is 1. The van der Waals surface area contributed by atoms with Crippen LogP contribution in [0.1, 0.15) is 41.5 Å². The predicted molar refractivity (Wildman–Crippen MR) is 108 cm³/mol. The molecule has 10 heteroatoms. The fourth-order valence-corrected chi connectivity index (χ4v) is 4.91. The van der Waals surface area contributed by atoms with Crippen LogP contribution in [0.3, 0.4) is 0 Å². The number of amides is 1. The lowest BCUT2D eigenvalue weighted by atomic mass is 10.1. The molecule has 1 atom stereocenters. The van der Waals surface area contributed by atoms with Crippen LogP contribution in [0.4, 0.5) is 4.39 Å². The molecule has 4 rings (SSSR count). The van der Waals surface area contributed by atoms with Crippen LogP contribution in [0.25, 0.3) is 0 Å². The number of H-pyrrole nitrogens is 1. The average Bonchev–Trinajstić information content (AvgIpc) is 3.18. The van der Waals surface area contributed by atoms with Crippen molar-refractivity contribution < 1.29 is 17.6 Å². The standard InChI is InChI=1S/C20H23FN4O4S/c1-30(28,29)24-10-8-14-16(12-24)22-19(23-20(14)27)17-7-4-9-25(17)18(26)11-13-5-2-3-6-15(13)21/h2-3,5-6,17H,4,7-12H2,1H3,(H,22,23,27). The highest BCUT2D eigenvalue weighted by Crippen LogP contribution is 2.31. The van der Waals surface area contributed by atoms with E-state index in [9.17, 15) is 22.4 Å². The van der Waals surface area contributed by atoms with Crippen molar-refractivity contribution in [3.63, 3.8) is 0 Å². The third-order valence-electron chi connectivity index (χ3n) is 5.71. The summed E-state index contributed by atoms with van der Waals surface area (Å²) in [6, 6.07) is 5.74. The maximum absolute atomic E-state index is 13.9. The largest absolute Gasteiger partial charge is 0.332 e. The van der Waals surface area contributed by atoms with Crippen molar-refractivity contribution in [1.29, 1.82) is 0 Å². The van der Waals surface area contributed by atoms with Gasteiger partial charge in [-0.15, -0.1) is 0 Å². The van der Waals surface area contributed by atoms with E-state index in [1.165, 1.54) is 10.4 Å². The summed E-state index contributed by atoms with van der Waals surface area (Å²) in [6.45, 7) is 0.780. The van der Waals surface area contributed by atoms with Gasteiger partial charge in [0.05, 0.1) is 31.0 Å². The highest BCUT2D eigenvalue weighted by Gasteiger charge is 2.34. The molecule has 2 aliphatic heterocycles. The first-order valence-electron chi connectivity index (χ1n) is 9.84. The molecule has 1 fully saturated rings. The number of rotatable bonds is 4. The average molecular weight is 434 g/mol. The molecule has 1 saturated heterocycles. The topological polar surface area (TPSA) is 103 Å². The van der Waals surface area contributed by atoms with Gasteiger partial charge < -0.3 is 9.88 Å². The Labute approximate surface area is 173 Å². The molecule has 1 unspecified atom stereocenters.